The molecule has 0 unspecified atom stereocenters. The van der Waals surface area contributed by atoms with Crippen molar-refractivity contribution in [2.24, 2.45) is 0 Å². The molecule has 0 aliphatic carbocycles. The van der Waals surface area contributed by atoms with Crippen molar-refractivity contribution in [3.63, 3.8) is 0 Å². The third-order valence-corrected chi connectivity index (χ3v) is 3.29. The van der Waals surface area contributed by atoms with Crippen LogP contribution in [-0.2, 0) is 12.4 Å². The van der Waals surface area contributed by atoms with Gasteiger partial charge in [0.2, 0.25) is 0 Å². The molecule has 2 rings (SSSR count). The molecule has 0 atom stereocenters. The zero-order valence-corrected chi connectivity index (χ0v) is 12.3. The van der Waals surface area contributed by atoms with Crippen molar-refractivity contribution in [1.29, 1.82) is 0 Å². The Morgan fingerprint density at radius 2 is 1.39 bits per heavy atom. The second-order valence-electron chi connectivity index (χ2n) is 5.17. The van der Waals surface area contributed by atoms with Gasteiger partial charge in [-0.2, -0.15) is 26.3 Å². The number of benzene rings is 2. The largest absolute Gasteiger partial charge is 0.418 e. The second-order valence-corrected chi connectivity index (χ2v) is 5.17. The Kier molecular flexibility index (Phi) is 4.32. The molecule has 0 spiro atoms. The Labute approximate surface area is 129 Å². The van der Waals surface area contributed by atoms with Crippen molar-refractivity contribution in [2.45, 2.75) is 12.4 Å². The zero-order valence-electron chi connectivity index (χ0n) is 12.3. The fraction of sp³-hybridized carbons (Fsp3) is 0.250. The molecule has 0 N–H and O–H groups in total. The van der Waals surface area contributed by atoms with Crippen molar-refractivity contribution in [3.05, 3.63) is 53.6 Å². The molecule has 7 heteroatoms. The Balaban J connectivity index is 2.70. The van der Waals surface area contributed by atoms with Gasteiger partial charge in [-0.05, 0) is 23.8 Å². The van der Waals surface area contributed by atoms with Crippen LogP contribution in [0, 0.1) is 0 Å². The number of halogens is 6. The first-order chi connectivity index (χ1) is 10.5. The highest BCUT2D eigenvalue weighted by Crippen LogP contribution is 2.42. The summed E-state index contributed by atoms with van der Waals surface area (Å²) in [6.45, 7) is 0. The maximum atomic E-state index is 13.2. The molecule has 23 heavy (non-hydrogen) atoms. The van der Waals surface area contributed by atoms with E-state index >= 15 is 0 Å². The maximum Gasteiger partial charge on any atom is 0.418 e. The molecule has 0 radical (unpaired) electrons. The van der Waals surface area contributed by atoms with Gasteiger partial charge in [-0.15, -0.1) is 0 Å². The van der Waals surface area contributed by atoms with E-state index in [-0.39, 0.29) is 16.8 Å². The van der Waals surface area contributed by atoms with Crippen LogP contribution < -0.4 is 4.90 Å². The number of nitrogens with zero attached hydrogens (tertiary/aromatic N) is 1. The Morgan fingerprint density at radius 1 is 0.783 bits per heavy atom. The fourth-order valence-corrected chi connectivity index (χ4v) is 2.35. The van der Waals surface area contributed by atoms with Gasteiger partial charge in [-0.25, -0.2) is 0 Å². The summed E-state index contributed by atoms with van der Waals surface area (Å²) < 4.78 is 78.0. The number of rotatable bonds is 2. The normalized spacial score (nSPS) is 12.3. The average molecular weight is 333 g/mol. The molecule has 0 bridgehead atoms. The van der Waals surface area contributed by atoms with Crippen LogP contribution in [0.3, 0.4) is 0 Å². The molecule has 0 heterocycles. The van der Waals surface area contributed by atoms with Crippen molar-refractivity contribution in [2.75, 3.05) is 19.0 Å². The first kappa shape index (κ1) is 17.2. The maximum absolute atomic E-state index is 13.2. The third kappa shape index (κ3) is 3.60. The standard InChI is InChI=1S/C16H13F6N/c1-23(2)14-12(7-4-8-13(14)16(20,21)22)10-5-3-6-11(9-10)15(17,18)19/h3-9H,1-2H3. The lowest BCUT2D eigenvalue weighted by Gasteiger charge is -2.23. The summed E-state index contributed by atoms with van der Waals surface area (Å²) in [7, 11) is 2.84. The minimum absolute atomic E-state index is 0.0784. The topological polar surface area (TPSA) is 3.24 Å². The first-order valence-corrected chi connectivity index (χ1v) is 6.57. The van der Waals surface area contributed by atoms with Gasteiger partial charge in [0.05, 0.1) is 16.8 Å². The zero-order chi connectivity index (χ0) is 17.4. The number of hydrogen-bond acceptors (Lipinski definition) is 1. The number of hydrogen-bond donors (Lipinski definition) is 0. The van der Waals surface area contributed by atoms with Gasteiger partial charge in [0, 0.05) is 19.7 Å². The van der Waals surface area contributed by atoms with Crippen molar-refractivity contribution < 1.29 is 26.3 Å². The van der Waals surface area contributed by atoms with Crippen LogP contribution in [0.1, 0.15) is 11.1 Å². The quantitative estimate of drug-likeness (QED) is 0.660. The lowest BCUT2D eigenvalue weighted by Crippen LogP contribution is -2.17. The lowest BCUT2D eigenvalue weighted by molar-refractivity contribution is -0.138. The summed E-state index contributed by atoms with van der Waals surface area (Å²) in [5.41, 5.74) is -1.79. The molecule has 0 fully saturated rings. The molecule has 0 aliphatic heterocycles. The van der Waals surface area contributed by atoms with E-state index in [9.17, 15) is 26.3 Å². The van der Waals surface area contributed by atoms with Gasteiger partial charge in [-0.3, -0.25) is 0 Å². The monoisotopic (exact) mass is 333 g/mol. The van der Waals surface area contributed by atoms with Crippen LogP contribution in [0.25, 0.3) is 11.1 Å². The first-order valence-electron chi connectivity index (χ1n) is 6.57. The van der Waals surface area contributed by atoms with E-state index in [1.165, 1.54) is 43.3 Å². The summed E-state index contributed by atoms with van der Waals surface area (Å²) in [5, 5.41) is 0. The molecule has 0 amide bonds. The molecule has 124 valence electrons. The van der Waals surface area contributed by atoms with Gasteiger partial charge in [0.15, 0.2) is 0 Å². The van der Waals surface area contributed by atoms with E-state index in [2.05, 4.69) is 0 Å². The van der Waals surface area contributed by atoms with Gasteiger partial charge in [-0.1, -0.05) is 24.3 Å². The van der Waals surface area contributed by atoms with Gasteiger partial charge in [0.1, 0.15) is 0 Å². The summed E-state index contributed by atoms with van der Waals surface area (Å²) in [6.07, 6.45) is -9.16. The van der Waals surface area contributed by atoms with Crippen LogP contribution in [0.4, 0.5) is 32.0 Å². The van der Waals surface area contributed by atoms with E-state index in [0.717, 1.165) is 18.2 Å². The van der Waals surface area contributed by atoms with E-state index in [1.807, 2.05) is 0 Å². The molecular formula is C16H13F6N. The highest BCUT2D eigenvalue weighted by Gasteiger charge is 2.35. The third-order valence-electron chi connectivity index (χ3n) is 3.29. The summed E-state index contributed by atoms with van der Waals surface area (Å²) in [6, 6.07) is 7.74. The van der Waals surface area contributed by atoms with E-state index in [0.29, 0.717) is 0 Å². The predicted molar refractivity (Wildman–Crippen MR) is 76.2 cm³/mol. The van der Waals surface area contributed by atoms with Crippen molar-refractivity contribution >= 4 is 5.69 Å². The van der Waals surface area contributed by atoms with Crippen LogP contribution in [0.2, 0.25) is 0 Å². The molecule has 2 aromatic carbocycles. The van der Waals surface area contributed by atoms with Crippen molar-refractivity contribution in [1.82, 2.24) is 0 Å². The summed E-state index contributed by atoms with van der Waals surface area (Å²) in [5.74, 6) is 0. The van der Waals surface area contributed by atoms with Gasteiger partial charge >= 0.3 is 12.4 Å². The summed E-state index contributed by atoms with van der Waals surface area (Å²) in [4.78, 5) is 1.25. The molecule has 0 saturated carbocycles. The average Bonchev–Trinajstić information content (AvgIpc) is 2.44. The van der Waals surface area contributed by atoms with E-state index in [4.69, 9.17) is 0 Å². The second kappa shape index (κ2) is 5.79. The molecule has 2 aromatic rings. The van der Waals surface area contributed by atoms with E-state index in [1.54, 1.807) is 0 Å². The van der Waals surface area contributed by atoms with Crippen LogP contribution >= 0.6 is 0 Å². The van der Waals surface area contributed by atoms with Crippen LogP contribution in [0.5, 0.6) is 0 Å². The highest BCUT2D eigenvalue weighted by atomic mass is 19.4. The molecular weight excluding hydrogens is 320 g/mol. The number of alkyl halides is 6. The lowest BCUT2D eigenvalue weighted by atomic mass is 9.97. The molecule has 0 aliphatic rings. The van der Waals surface area contributed by atoms with Crippen LogP contribution in [-0.4, -0.2) is 14.1 Å². The van der Waals surface area contributed by atoms with Crippen LogP contribution in [0.15, 0.2) is 42.5 Å². The minimum Gasteiger partial charge on any atom is -0.377 e. The molecule has 0 aromatic heterocycles. The smallest absolute Gasteiger partial charge is 0.377 e. The SMILES string of the molecule is CN(C)c1c(-c2cccc(C(F)(F)F)c2)cccc1C(F)(F)F. The molecule has 0 saturated heterocycles. The highest BCUT2D eigenvalue weighted by molar-refractivity contribution is 5.81. The Bertz CT molecular complexity index is 700. The molecule has 1 nitrogen and oxygen atoms in total. The fourth-order valence-electron chi connectivity index (χ4n) is 2.35. The Morgan fingerprint density at radius 3 is 1.91 bits per heavy atom. The van der Waals surface area contributed by atoms with Crippen molar-refractivity contribution in [3.8, 4) is 11.1 Å². The summed E-state index contributed by atoms with van der Waals surface area (Å²) >= 11 is 0. The predicted octanol–water partition coefficient (Wildman–Crippen LogP) is 5.46. The minimum atomic E-state index is -4.60. The number of para-hydroxylation sites is 1. The van der Waals surface area contributed by atoms with E-state index < -0.39 is 23.5 Å². The van der Waals surface area contributed by atoms with Gasteiger partial charge in [0.25, 0.3) is 0 Å². The Hall–Kier alpha value is -2.18. The number of anilines is 1. The van der Waals surface area contributed by atoms with Gasteiger partial charge < -0.3 is 4.90 Å².